The molecular formula is C26H53N3O5+2. The van der Waals surface area contributed by atoms with E-state index in [1.165, 1.54) is 77.0 Å². The third kappa shape index (κ3) is 18.9. The molecule has 1 rings (SSSR count). The Morgan fingerprint density at radius 2 is 1.24 bits per heavy atom. The minimum absolute atomic E-state index is 0.181. The van der Waals surface area contributed by atoms with Crippen molar-refractivity contribution >= 4 is 17.8 Å². The van der Waals surface area contributed by atoms with E-state index in [2.05, 4.69) is 11.9 Å². The summed E-state index contributed by atoms with van der Waals surface area (Å²) < 4.78 is 0.00309. The average molecular weight is 488 g/mol. The average Bonchev–Trinajstić information content (AvgIpc) is 3.06. The van der Waals surface area contributed by atoms with Crippen LogP contribution in [0.25, 0.3) is 0 Å². The van der Waals surface area contributed by atoms with Gasteiger partial charge >= 0.3 is 11.9 Å². The molecule has 1 heterocycles. The van der Waals surface area contributed by atoms with Crippen molar-refractivity contribution in [2.24, 2.45) is 4.99 Å². The molecule has 0 aromatic heterocycles. The number of aliphatic carboxylic acids is 2. The van der Waals surface area contributed by atoms with Crippen LogP contribution in [0.2, 0.25) is 0 Å². The lowest BCUT2D eigenvalue weighted by molar-refractivity contribution is -1.02. The summed E-state index contributed by atoms with van der Waals surface area (Å²) >= 11 is 0. The van der Waals surface area contributed by atoms with Crippen LogP contribution in [0.15, 0.2) is 4.99 Å². The van der Waals surface area contributed by atoms with Gasteiger partial charge in [-0.2, -0.15) is 0 Å². The molecule has 0 saturated carbocycles. The normalized spacial score (nSPS) is 17.7. The van der Waals surface area contributed by atoms with Crippen molar-refractivity contribution in [2.75, 3.05) is 47.3 Å². The molecule has 0 fully saturated rings. The molecule has 0 radical (unpaired) electrons. The lowest BCUT2D eigenvalue weighted by atomic mass is 10.0. The van der Waals surface area contributed by atoms with Crippen molar-refractivity contribution in [1.29, 1.82) is 0 Å². The number of rotatable bonds is 19. The Morgan fingerprint density at radius 3 is 1.59 bits per heavy atom. The molecule has 200 valence electrons. The van der Waals surface area contributed by atoms with Crippen LogP contribution < -0.4 is 0 Å². The predicted molar refractivity (Wildman–Crippen MR) is 137 cm³/mol. The van der Waals surface area contributed by atoms with E-state index in [1.807, 2.05) is 21.1 Å². The second kappa shape index (κ2) is 18.8. The van der Waals surface area contributed by atoms with Gasteiger partial charge in [-0.15, -0.1) is 4.65 Å². The lowest BCUT2D eigenvalue weighted by Crippen LogP contribution is -2.50. The number of hydroxylamine groups is 3. The van der Waals surface area contributed by atoms with Crippen LogP contribution in [-0.4, -0.2) is 89.6 Å². The third-order valence-corrected chi connectivity index (χ3v) is 6.01. The molecule has 0 aliphatic carbocycles. The predicted octanol–water partition coefficient (Wildman–Crippen LogP) is 5.34. The van der Waals surface area contributed by atoms with Gasteiger partial charge in [0, 0.05) is 6.42 Å². The van der Waals surface area contributed by atoms with E-state index in [9.17, 15) is 14.8 Å². The van der Waals surface area contributed by atoms with Gasteiger partial charge in [0.15, 0.2) is 6.54 Å². The zero-order valence-corrected chi connectivity index (χ0v) is 22.4. The first kappa shape index (κ1) is 32.5. The number of amidine groups is 1. The molecule has 1 aliphatic rings. The molecule has 1 unspecified atom stereocenters. The molecule has 0 aromatic rings. The first-order valence-corrected chi connectivity index (χ1v) is 13.4. The van der Waals surface area contributed by atoms with E-state index >= 15 is 0 Å². The number of aliphatic imine (C=N–C) groups is 1. The highest BCUT2D eigenvalue weighted by Crippen LogP contribution is 2.18. The van der Waals surface area contributed by atoms with Gasteiger partial charge in [0.25, 0.3) is 0 Å². The SMILES string of the molecule is CCCCCCCCCCCCCCCCC1=NCC[N+]1(O)CC(=O)O.C[N+](C)(C)CC(=O)O. The molecule has 8 heteroatoms. The molecule has 1 aliphatic heterocycles. The van der Waals surface area contributed by atoms with E-state index in [4.69, 9.17) is 10.2 Å². The molecule has 3 N–H and O–H groups in total. The number of likely N-dealkylation sites (N-methyl/N-ethyl adjacent to an activating group) is 1. The van der Waals surface area contributed by atoms with Crippen LogP contribution in [0.4, 0.5) is 0 Å². The molecule has 0 bridgehead atoms. The fraction of sp³-hybridized carbons (Fsp3) is 0.885. The summed E-state index contributed by atoms with van der Waals surface area (Å²) in [5.74, 6) is -1.06. The van der Waals surface area contributed by atoms with E-state index in [1.54, 1.807) is 0 Å². The molecule has 0 saturated heterocycles. The van der Waals surface area contributed by atoms with E-state index < -0.39 is 16.6 Å². The number of carboxylic acids is 2. The molecule has 1 atom stereocenters. The Hall–Kier alpha value is -1.51. The summed E-state index contributed by atoms with van der Waals surface area (Å²) in [4.78, 5) is 25.2. The van der Waals surface area contributed by atoms with Gasteiger partial charge in [-0.25, -0.2) is 19.8 Å². The fourth-order valence-electron chi connectivity index (χ4n) is 4.17. The van der Waals surface area contributed by atoms with Crippen molar-refractivity contribution in [2.45, 2.75) is 103 Å². The minimum atomic E-state index is -0.969. The maximum absolute atomic E-state index is 10.9. The minimum Gasteiger partial charge on any atom is -0.477 e. The maximum atomic E-state index is 10.9. The highest BCUT2D eigenvalue weighted by atomic mass is 16.6. The smallest absolute Gasteiger partial charge is 0.362 e. The quantitative estimate of drug-likeness (QED) is 0.168. The Labute approximate surface area is 207 Å². The standard InChI is InChI=1S/C21H40N2O3.C5H11NO2/c1-2-3-4-5-6-7-8-9-10-11-12-13-14-15-16-20-22-17-18-23(20,26)19-21(24)25;1-6(2,3)4-5(7)8/h26H,2-19H2,1H3;4H2,1-3H3/p+2. The van der Waals surface area contributed by atoms with E-state index in [0.717, 1.165) is 19.3 Å². The third-order valence-electron chi connectivity index (χ3n) is 6.01. The molecule has 0 aromatic carbocycles. The van der Waals surface area contributed by atoms with Gasteiger partial charge in [-0.05, 0) is 6.42 Å². The van der Waals surface area contributed by atoms with Crippen LogP contribution in [-0.2, 0) is 9.59 Å². The zero-order valence-electron chi connectivity index (χ0n) is 22.4. The van der Waals surface area contributed by atoms with Crippen LogP contribution in [0.1, 0.15) is 103 Å². The van der Waals surface area contributed by atoms with Crippen LogP contribution >= 0.6 is 0 Å². The first-order chi connectivity index (χ1) is 16.0. The number of unbranched alkanes of at least 4 members (excludes halogenated alkanes) is 13. The Morgan fingerprint density at radius 1 is 0.794 bits per heavy atom. The number of hydrogen-bond donors (Lipinski definition) is 3. The van der Waals surface area contributed by atoms with E-state index in [0.29, 0.717) is 23.4 Å². The molecular weight excluding hydrogens is 434 g/mol. The second-order valence-corrected chi connectivity index (χ2v) is 10.7. The van der Waals surface area contributed by atoms with Gasteiger partial charge in [-0.1, -0.05) is 90.4 Å². The number of carboxylic acid groups (broad SMARTS) is 2. The topological polar surface area (TPSA) is 107 Å². The second-order valence-electron chi connectivity index (χ2n) is 10.7. The zero-order chi connectivity index (χ0) is 25.9. The monoisotopic (exact) mass is 487 g/mol. The van der Waals surface area contributed by atoms with Gasteiger partial charge in [-0.3, -0.25) is 0 Å². The lowest BCUT2D eigenvalue weighted by Gasteiger charge is -2.23. The summed E-state index contributed by atoms with van der Waals surface area (Å²) in [5.41, 5.74) is 0. The van der Waals surface area contributed by atoms with Crippen molar-refractivity contribution < 1.29 is 34.1 Å². The summed E-state index contributed by atoms with van der Waals surface area (Å²) in [6.07, 6.45) is 19.2. The van der Waals surface area contributed by atoms with Crippen LogP contribution in [0, 0.1) is 0 Å². The fourth-order valence-corrected chi connectivity index (χ4v) is 4.17. The summed E-state index contributed by atoms with van der Waals surface area (Å²) in [5, 5.41) is 27.5. The van der Waals surface area contributed by atoms with Crippen molar-refractivity contribution in [3.63, 3.8) is 0 Å². The highest BCUT2D eigenvalue weighted by Gasteiger charge is 2.39. The Bertz CT molecular complexity index is 589. The summed E-state index contributed by atoms with van der Waals surface area (Å²) in [6, 6.07) is 0. The number of nitrogens with zero attached hydrogens (tertiary/aromatic N) is 3. The molecule has 34 heavy (non-hydrogen) atoms. The molecule has 8 nitrogen and oxygen atoms in total. The maximum Gasteiger partial charge on any atom is 0.362 e. The Balaban J connectivity index is 0.00000116. The Kier molecular flexibility index (Phi) is 17.9. The van der Waals surface area contributed by atoms with Crippen molar-refractivity contribution in [3.05, 3.63) is 0 Å². The van der Waals surface area contributed by atoms with E-state index in [-0.39, 0.29) is 13.1 Å². The first-order valence-electron chi connectivity index (χ1n) is 13.4. The summed E-state index contributed by atoms with van der Waals surface area (Å²) in [7, 11) is 5.52. The van der Waals surface area contributed by atoms with Gasteiger partial charge < -0.3 is 14.7 Å². The van der Waals surface area contributed by atoms with Crippen molar-refractivity contribution in [3.8, 4) is 0 Å². The molecule has 0 amide bonds. The van der Waals surface area contributed by atoms with Gasteiger partial charge in [0.2, 0.25) is 12.4 Å². The van der Waals surface area contributed by atoms with Crippen LogP contribution in [0.5, 0.6) is 0 Å². The highest BCUT2D eigenvalue weighted by molar-refractivity contribution is 5.79. The van der Waals surface area contributed by atoms with Crippen LogP contribution in [0.3, 0.4) is 0 Å². The number of hydrogen-bond acceptors (Lipinski definition) is 4. The largest absolute Gasteiger partial charge is 0.477 e. The number of carbonyl (C=O) groups is 2. The molecule has 0 spiro atoms. The van der Waals surface area contributed by atoms with Gasteiger partial charge in [0.05, 0.1) is 27.7 Å². The van der Waals surface area contributed by atoms with Gasteiger partial charge in [0.1, 0.15) is 6.54 Å². The van der Waals surface area contributed by atoms with Crippen molar-refractivity contribution in [1.82, 2.24) is 0 Å². The number of quaternary nitrogens is 2. The summed E-state index contributed by atoms with van der Waals surface area (Å²) in [6.45, 7) is 3.12.